The fourth-order valence-electron chi connectivity index (χ4n) is 2.81. The Morgan fingerprint density at radius 2 is 1.50 bits per heavy atom. The normalized spacial score (nSPS) is 10.8. The van der Waals surface area contributed by atoms with Gasteiger partial charge in [-0.1, -0.05) is 24.3 Å². The molecule has 0 unspecified atom stereocenters. The van der Waals surface area contributed by atoms with Crippen LogP contribution >= 0.6 is 0 Å². The number of imidazole rings is 1. The van der Waals surface area contributed by atoms with Crippen LogP contribution in [0.1, 0.15) is 12.5 Å². The fourth-order valence-corrected chi connectivity index (χ4v) is 2.81. The maximum Gasteiger partial charge on any atom is 0.138 e. The summed E-state index contributed by atoms with van der Waals surface area (Å²) in [5.74, 6) is 2.58. The van der Waals surface area contributed by atoms with Gasteiger partial charge in [0, 0.05) is 5.56 Å². The molecule has 0 aliphatic carbocycles. The molecule has 4 rings (SSSR count). The van der Waals surface area contributed by atoms with Crippen LogP contribution in [0.3, 0.4) is 0 Å². The van der Waals surface area contributed by atoms with E-state index in [0.717, 1.165) is 39.5 Å². The van der Waals surface area contributed by atoms with E-state index in [0.29, 0.717) is 13.2 Å². The van der Waals surface area contributed by atoms with Crippen molar-refractivity contribution in [1.82, 2.24) is 9.97 Å². The lowest BCUT2D eigenvalue weighted by Gasteiger charge is -2.08. The van der Waals surface area contributed by atoms with Gasteiger partial charge in [-0.3, -0.25) is 0 Å². The van der Waals surface area contributed by atoms with Crippen molar-refractivity contribution in [3.63, 3.8) is 0 Å². The van der Waals surface area contributed by atoms with Crippen LogP contribution in [0.15, 0.2) is 72.8 Å². The number of H-pyrrole nitrogens is 1. The van der Waals surface area contributed by atoms with Gasteiger partial charge in [0.05, 0.1) is 17.6 Å². The predicted octanol–water partition coefficient (Wildman–Crippen LogP) is 5.21. The highest BCUT2D eigenvalue weighted by atomic mass is 16.5. The summed E-state index contributed by atoms with van der Waals surface area (Å²) >= 11 is 0. The van der Waals surface area contributed by atoms with Crippen LogP contribution in [-0.2, 0) is 6.61 Å². The first-order chi connectivity index (χ1) is 12.8. The molecule has 1 N–H and O–H groups in total. The van der Waals surface area contributed by atoms with E-state index in [2.05, 4.69) is 9.97 Å². The number of benzene rings is 3. The van der Waals surface area contributed by atoms with Crippen molar-refractivity contribution in [3.05, 3.63) is 78.4 Å². The monoisotopic (exact) mass is 344 g/mol. The second-order valence-electron chi connectivity index (χ2n) is 5.99. The van der Waals surface area contributed by atoms with Crippen LogP contribution in [-0.4, -0.2) is 16.6 Å². The first-order valence-corrected chi connectivity index (χ1v) is 8.71. The average molecular weight is 344 g/mol. The zero-order valence-corrected chi connectivity index (χ0v) is 14.6. The lowest BCUT2D eigenvalue weighted by atomic mass is 10.2. The quantitative estimate of drug-likeness (QED) is 0.522. The van der Waals surface area contributed by atoms with Gasteiger partial charge < -0.3 is 14.5 Å². The van der Waals surface area contributed by atoms with Crippen molar-refractivity contribution in [2.75, 3.05) is 6.61 Å². The first-order valence-electron chi connectivity index (χ1n) is 8.71. The van der Waals surface area contributed by atoms with Crippen molar-refractivity contribution in [3.8, 4) is 22.9 Å². The van der Waals surface area contributed by atoms with Gasteiger partial charge in [-0.2, -0.15) is 0 Å². The molecule has 0 fully saturated rings. The van der Waals surface area contributed by atoms with E-state index in [4.69, 9.17) is 9.47 Å². The van der Waals surface area contributed by atoms with Gasteiger partial charge in [0.25, 0.3) is 0 Å². The fraction of sp³-hybridized carbons (Fsp3) is 0.136. The molecule has 0 spiro atoms. The zero-order valence-electron chi connectivity index (χ0n) is 14.6. The molecule has 0 atom stereocenters. The third kappa shape index (κ3) is 3.54. The molecule has 130 valence electrons. The van der Waals surface area contributed by atoms with Crippen LogP contribution in [0.5, 0.6) is 11.5 Å². The molecular weight excluding hydrogens is 324 g/mol. The maximum absolute atomic E-state index is 5.87. The Kier molecular flexibility index (Phi) is 4.56. The number of rotatable bonds is 6. The number of aromatic amines is 1. The van der Waals surface area contributed by atoms with E-state index in [-0.39, 0.29) is 0 Å². The van der Waals surface area contributed by atoms with Crippen LogP contribution in [0.2, 0.25) is 0 Å². The minimum Gasteiger partial charge on any atom is -0.494 e. The summed E-state index contributed by atoms with van der Waals surface area (Å²) in [6.07, 6.45) is 0. The standard InChI is InChI=1S/C22H20N2O2/c1-2-25-18-11-7-16(8-12-18)15-26-19-13-9-17(10-14-19)22-23-20-5-3-4-6-21(20)24-22/h3-14H,2,15H2,1H3,(H,23,24). The smallest absolute Gasteiger partial charge is 0.138 e. The van der Waals surface area contributed by atoms with E-state index in [1.165, 1.54) is 0 Å². The molecule has 0 aliphatic heterocycles. The molecule has 0 saturated carbocycles. The van der Waals surface area contributed by atoms with Crippen molar-refractivity contribution in [2.24, 2.45) is 0 Å². The number of para-hydroxylation sites is 2. The molecule has 0 bridgehead atoms. The summed E-state index contributed by atoms with van der Waals surface area (Å²) in [6.45, 7) is 3.18. The highest BCUT2D eigenvalue weighted by Gasteiger charge is 2.05. The van der Waals surface area contributed by atoms with Gasteiger partial charge in [0.15, 0.2) is 0 Å². The number of hydrogen-bond acceptors (Lipinski definition) is 3. The molecular formula is C22H20N2O2. The molecule has 4 aromatic rings. The minimum atomic E-state index is 0.524. The molecule has 0 aliphatic rings. The van der Waals surface area contributed by atoms with E-state index in [1.54, 1.807) is 0 Å². The van der Waals surface area contributed by atoms with Gasteiger partial charge >= 0.3 is 0 Å². The van der Waals surface area contributed by atoms with Crippen LogP contribution in [0.4, 0.5) is 0 Å². The molecule has 1 aromatic heterocycles. The Bertz CT molecular complexity index is 956. The summed E-state index contributed by atoms with van der Waals surface area (Å²) in [5, 5.41) is 0. The Labute approximate surface area is 152 Å². The van der Waals surface area contributed by atoms with Gasteiger partial charge in [0.1, 0.15) is 23.9 Å². The summed E-state index contributed by atoms with van der Waals surface area (Å²) in [4.78, 5) is 7.96. The summed E-state index contributed by atoms with van der Waals surface area (Å²) in [7, 11) is 0. The highest BCUT2D eigenvalue weighted by Crippen LogP contribution is 2.23. The Hall–Kier alpha value is -3.27. The number of nitrogens with zero attached hydrogens (tertiary/aromatic N) is 1. The van der Waals surface area contributed by atoms with Crippen molar-refractivity contribution < 1.29 is 9.47 Å². The number of nitrogens with one attached hydrogen (secondary N) is 1. The SMILES string of the molecule is CCOc1ccc(COc2ccc(-c3nc4ccccc4[nH]3)cc2)cc1. The van der Waals surface area contributed by atoms with Crippen LogP contribution < -0.4 is 9.47 Å². The van der Waals surface area contributed by atoms with Gasteiger partial charge in [0.2, 0.25) is 0 Å². The zero-order chi connectivity index (χ0) is 17.8. The van der Waals surface area contributed by atoms with Crippen molar-refractivity contribution >= 4 is 11.0 Å². The second-order valence-corrected chi connectivity index (χ2v) is 5.99. The Morgan fingerprint density at radius 1 is 0.808 bits per heavy atom. The predicted molar refractivity (Wildman–Crippen MR) is 103 cm³/mol. The summed E-state index contributed by atoms with van der Waals surface area (Å²) in [5.41, 5.74) is 4.15. The van der Waals surface area contributed by atoms with Crippen LogP contribution in [0, 0.1) is 0 Å². The van der Waals surface area contributed by atoms with E-state index >= 15 is 0 Å². The molecule has 0 saturated heterocycles. The lowest BCUT2D eigenvalue weighted by Crippen LogP contribution is -1.96. The number of hydrogen-bond donors (Lipinski definition) is 1. The molecule has 26 heavy (non-hydrogen) atoms. The van der Waals surface area contributed by atoms with E-state index in [1.807, 2.05) is 79.7 Å². The third-order valence-corrected chi connectivity index (χ3v) is 4.16. The molecule has 4 heteroatoms. The number of fused-ring (bicyclic) bond motifs is 1. The average Bonchev–Trinajstić information content (AvgIpc) is 3.12. The van der Waals surface area contributed by atoms with E-state index < -0.39 is 0 Å². The molecule has 3 aromatic carbocycles. The molecule has 0 amide bonds. The number of aromatic nitrogens is 2. The Balaban J connectivity index is 1.42. The van der Waals surface area contributed by atoms with Crippen LogP contribution in [0.25, 0.3) is 22.4 Å². The topological polar surface area (TPSA) is 47.1 Å². The third-order valence-electron chi connectivity index (χ3n) is 4.16. The molecule has 4 nitrogen and oxygen atoms in total. The van der Waals surface area contributed by atoms with Gasteiger partial charge in [-0.05, 0) is 61.0 Å². The van der Waals surface area contributed by atoms with Gasteiger partial charge in [-0.25, -0.2) is 4.98 Å². The van der Waals surface area contributed by atoms with Crippen molar-refractivity contribution in [2.45, 2.75) is 13.5 Å². The summed E-state index contributed by atoms with van der Waals surface area (Å²) in [6, 6.07) is 24.0. The van der Waals surface area contributed by atoms with E-state index in [9.17, 15) is 0 Å². The second kappa shape index (κ2) is 7.31. The molecule has 0 radical (unpaired) electrons. The Morgan fingerprint density at radius 3 is 2.23 bits per heavy atom. The maximum atomic E-state index is 5.87. The van der Waals surface area contributed by atoms with Crippen molar-refractivity contribution in [1.29, 1.82) is 0 Å². The number of ether oxygens (including phenoxy) is 2. The summed E-state index contributed by atoms with van der Waals surface area (Å²) < 4.78 is 11.3. The lowest BCUT2D eigenvalue weighted by molar-refractivity contribution is 0.305. The molecule has 1 heterocycles. The highest BCUT2D eigenvalue weighted by molar-refractivity contribution is 5.79. The largest absolute Gasteiger partial charge is 0.494 e. The van der Waals surface area contributed by atoms with Gasteiger partial charge in [-0.15, -0.1) is 0 Å². The first kappa shape index (κ1) is 16.2. The minimum absolute atomic E-state index is 0.524.